The van der Waals surface area contributed by atoms with Crippen molar-refractivity contribution in [2.45, 2.75) is 32.2 Å². The van der Waals surface area contributed by atoms with Gasteiger partial charge in [0.2, 0.25) is 15.8 Å². The molecule has 1 saturated heterocycles. The molecule has 1 aromatic rings. The predicted molar refractivity (Wildman–Crippen MR) is 87.7 cm³/mol. The van der Waals surface area contributed by atoms with Gasteiger partial charge in [0.15, 0.2) is 0 Å². The van der Waals surface area contributed by atoms with E-state index in [2.05, 4.69) is 4.72 Å². The number of aryl methyl sites for hydroxylation is 1. The maximum atomic E-state index is 12.5. The number of hydrogen-bond acceptors (Lipinski definition) is 4. The molecule has 0 saturated carbocycles. The molecule has 6 nitrogen and oxygen atoms in total. The van der Waals surface area contributed by atoms with E-state index in [-0.39, 0.29) is 12.6 Å². The average Bonchev–Trinajstić information content (AvgIpc) is 2.52. The third-order valence-corrected chi connectivity index (χ3v) is 4.67. The smallest absolute Gasteiger partial charge is 0.295 e. The quantitative estimate of drug-likeness (QED) is 0.644. The second-order valence-electron chi connectivity index (χ2n) is 5.96. The lowest BCUT2D eigenvalue weighted by molar-refractivity contribution is -0.129. The van der Waals surface area contributed by atoms with Gasteiger partial charge in [-0.1, -0.05) is 29.8 Å². The van der Waals surface area contributed by atoms with Gasteiger partial charge in [-0.3, -0.25) is 9.59 Å². The number of benzene rings is 1. The zero-order chi connectivity index (χ0) is 17.0. The Morgan fingerprint density at radius 2 is 1.87 bits per heavy atom. The molecule has 23 heavy (non-hydrogen) atoms. The third-order valence-electron chi connectivity index (χ3n) is 3.98. The molecule has 1 aliphatic rings. The summed E-state index contributed by atoms with van der Waals surface area (Å²) >= 11 is 0. The van der Waals surface area contributed by atoms with Gasteiger partial charge in [-0.2, -0.15) is 0 Å². The van der Waals surface area contributed by atoms with Crippen LogP contribution >= 0.6 is 0 Å². The molecule has 0 spiro atoms. The summed E-state index contributed by atoms with van der Waals surface area (Å²) in [4.78, 5) is 26.4. The molecule has 126 valence electrons. The normalized spacial score (nSPS) is 18.7. The molecule has 7 heteroatoms. The van der Waals surface area contributed by atoms with Crippen molar-refractivity contribution in [2.24, 2.45) is 0 Å². The van der Waals surface area contributed by atoms with Crippen molar-refractivity contribution in [3.05, 3.63) is 35.4 Å². The maximum Gasteiger partial charge on any atom is 0.295 e. The van der Waals surface area contributed by atoms with Gasteiger partial charge in [0.25, 0.3) is 5.91 Å². The molecule has 1 aromatic carbocycles. The van der Waals surface area contributed by atoms with Crippen molar-refractivity contribution in [1.29, 1.82) is 0 Å². The lowest BCUT2D eigenvalue weighted by Gasteiger charge is -2.35. The second-order valence-corrected chi connectivity index (χ2v) is 7.80. The number of Topliss-reactive ketones (excluding diaryl/α,β-unsaturated/α-hetero) is 1. The number of rotatable bonds is 5. The fraction of sp³-hybridized carbons (Fsp3) is 0.500. The van der Waals surface area contributed by atoms with Crippen LogP contribution in [0.5, 0.6) is 0 Å². The van der Waals surface area contributed by atoms with Crippen LogP contribution < -0.4 is 4.72 Å². The Balaban J connectivity index is 2.11. The largest absolute Gasteiger partial charge is 0.332 e. The molecule has 1 N–H and O–H groups in total. The molecule has 1 unspecified atom stereocenters. The van der Waals surface area contributed by atoms with E-state index < -0.39 is 21.7 Å². The first kappa shape index (κ1) is 17.6. The molecule has 1 aliphatic heterocycles. The molecule has 0 radical (unpaired) electrons. The highest BCUT2D eigenvalue weighted by Gasteiger charge is 2.31. The number of nitrogens with one attached hydrogen (secondary N) is 1. The number of amides is 1. The Morgan fingerprint density at radius 1 is 1.22 bits per heavy atom. The number of carbonyl (C=O) groups excluding carboxylic acids is 2. The Labute approximate surface area is 136 Å². The van der Waals surface area contributed by atoms with Crippen LogP contribution in [0.4, 0.5) is 0 Å². The molecular formula is C16H22N2O4S. The molecule has 1 heterocycles. The van der Waals surface area contributed by atoms with Crippen molar-refractivity contribution in [3.8, 4) is 0 Å². The van der Waals surface area contributed by atoms with Gasteiger partial charge in [-0.25, -0.2) is 13.1 Å². The minimum absolute atomic E-state index is 0.145. The summed E-state index contributed by atoms with van der Waals surface area (Å²) in [5, 5.41) is 0. The summed E-state index contributed by atoms with van der Waals surface area (Å²) in [6.45, 7) is 2.53. The van der Waals surface area contributed by atoms with E-state index in [0.717, 1.165) is 24.7 Å². The van der Waals surface area contributed by atoms with Crippen LogP contribution in [-0.2, 0) is 14.8 Å². The van der Waals surface area contributed by atoms with Crippen LogP contribution in [0.15, 0.2) is 24.3 Å². The predicted octanol–water partition coefficient (Wildman–Crippen LogP) is 1.11. The summed E-state index contributed by atoms with van der Waals surface area (Å²) < 4.78 is 24.9. The topological polar surface area (TPSA) is 83.6 Å². The summed E-state index contributed by atoms with van der Waals surface area (Å²) in [6, 6.07) is 6.59. The van der Waals surface area contributed by atoms with Crippen molar-refractivity contribution < 1.29 is 18.0 Å². The Bertz CT molecular complexity index is 683. The highest BCUT2D eigenvalue weighted by Crippen LogP contribution is 2.18. The molecule has 1 atom stereocenters. The molecular weight excluding hydrogens is 316 g/mol. The van der Waals surface area contributed by atoms with Crippen molar-refractivity contribution in [3.63, 3.8) is 0 Å². The Hall–Kier alpha value is -1.73. The van der Waals surface area contributed by atoms with Crippen molar-refractivity contribution in [1.82, 2.24) is 9.62 Å². The maximum absolute atomic E-state index is 12.5. The first-order valence-electron chi connectivity index (χ1n) is 7.64. The van der Waals surface area contributed by atoms with E-state index >= 15 is 0 Å². The van der Waals surface area contributed by atoms with E-state index in [1.165, 1.54) is 4.90 Å². The first-order chi connectivity index (χ1) is 10.8. The summed E-state index contributed by atoms with van der Waals surface area (Å²) in [7, 11) is -3.32. The lowest BCUT2D eigenvalue weighted by atomic mass is 10.00. The second kappa shape index (κ2) is 7.23. The zero-order valence-electron chi connectivity index (χ0n) is 13.4. The molecule has 0 bridgehead atoms. The number of carbonyl (C=O) groups is 2. The van der Waals surface area contributed by atoms with E-state index in [4.69, 9.17) is 0 Å². The van der Waals surface area contributed by atoms with Gasteiger partial charge >= 0.3 is 0 Å². The van der Waals surface area contributed by atoms with Gasteiger partial charge in [0.05, 0.1) is 6.26 Å². The monoisotopic (exact) mass is 338 g/mol. The molecule has 0 aromatic heterocycles. The van der Waals surface area contributed by atoms with Crippen LogP contribution in [0, 0.1) is 6.92 Å². The number of ketones is 1. The zero-order valence-corrected chi connectivity index (χ0v) is 14.2. The van der Waals surface area contributed by atoms with Crippen molar-refractivity contribution in [2.75, 3.05) is 19.3 Å². The van der Waals surface area contributed by atoms with Crippen LogP contribution in [0.1, 0.15) is 35.2 Å². The van der Waals surface area contributed by atoms with Gasteiger partial charge in [-0.15, -0.1) is 0 Å². The highest BCUT2D eigenvalue weighted by atomic mass is 32.2. The Morgan fingerprint density at radius 3 is 2.48 bits per heavy atom. The number of likely N-dealkylation sites (tertiary alicyclic amines) is 1. The molecule has 1 fully saturated rings. The van der Waals surface area contributed by atoms with Crippen LogP contribution in [-0.4, -0.2) is 50.4 Å². The van der Waals surface area contributed by atoms with Gasteiger partial charge in [0.1, 0.15) is 0 Å². The standard InChI is InChI=1S/C16H22N2O4S/c1-12-6-8-13(9-7-12)15(19)16(20)18-10-4-3-5-14(18)11-17-23(2,21)22/h6-9,14,17H,3-5,10-11H2,1-2H3. The fourth-order valence-electron chi connectivity index (χ4n) is 2.69. The van der Waals surface area contributed by atoms with E-state index in [1.54, 1.807) is 24.3 Å². The summed E-state index contributed by atoms with van der Waals surface area (Å²) in [5.74, 6) is -1.11. The minimum atomic E-state index is -3.32. The van der Waals surface area contributed by atoms with Crippen LogP contribution in [0.2, 0.25) is 0 Å². The summed E-state index contributed by atoms with van der Waals surface area (Å²) in [6.07, 6.45) is 3.51. The van der Waals surface area contributed by atoms with Gasteiger partial charge < -0.3 is 4.90 Å². The Kier molecular flexibility index (Phi) is 5.54. The third kappa shape index (κ3) is 4.87. The van der Waals surface area contributed by atoms with Crippen molar-refractivity contribution >= 4 is 21.7 Å². The highest BCUT2D eigenvalue weighted by molar-refractivity contribution is 7.88. The average molecular weight is 338 g/mol. The number of piperidine rings is 1. The van der Waals surface area contributed by atoms with Gasteiger partial charge in [-0.05, 0) is 26.2 Å². The minimum Gasteiger partial charge on any atom is -0.332 e. The lowest BCUT2D eigenvalue weighted by Crippen LogP contribution is -2.51. The molecule has 1 amide bonds. The number of hydrogen-bond donors (Lipinski definition) is 1. The first-order valence-corrected chi connectivity index (χ1v) is 9.53. The van der Waals surface area contributed by atoms with Gasteiger partial charge in [0, 0.05) is 24.7 Å². The van der Waals surface area contributed by atoms with E-state index in [0.29, 0.717) is 18.5 Å². The fourth-order valence-corrected chi connectivity index (χ4v) is 3.18. The number of sulfonamides is 1. The van der Waals surface area contributed by atoms with Crippen LogP contribution in [0.25, 0.3) is 0 Å². The summed E-state index contributed by atoms with van der Waals surface area (Å²) in [5.41, 5.74) is 1.38. The van der Waals surface area contributed by atoms with Crippen LogP contribution in [0.3, 0.4) is 0 Å². The SMILES string of the molecule is Cc1ccc(C(=O)C(=O)N2CCCCC2CNS(C)(=O)=O)cc1. The van der Waals surface area contributed by atoms with E-state index in [9.17, 15) is 18.0 Å². The van der Waals surface area contributed by atoms with E-state index in [1.807, 2.05) is 6.92 Å². The molecule has 0 aliphatic carbocycles. The molecule has 2 rings (SSSR count). The number of nitrogens with zero attached hydrogens (tertiary/aromatic N) is 1.